The predicted molar refractivity (Wildman–Crippen MR) is 65.2 cm³/mol. The molecule has 2 N–H and O–H groups in total. The minimum absolute atomic E-state index is 0.0286. The van der Waals surface area contributed by atoms with Crippen LogP contribution in [0.25, 0.3) is 0 Å². The molecule has 0 rings (SSSR count). The Morgan fingerprint density at radius 2 is 1.94 bits per heavy atom. The van der Waals surface area contributed by atoms with E-state index in [0.29, 0.717) is 6.54 Å². The second-order valence-corrected chi connectivity index (χ2v) is 4.83. The normalized spacial score (nSPS) is 11.2. The van der Waals surface area contributed by atoms with E-state index in [9.17, 15) is 9.59 Å². The number of nitrogens with two attached hydrogens (primary N) is 1. The van der Waals surface area contributed by atoms with Crippen LogP contribution in [0.1, 0.15) is 33.6 Å². The van der Waals surface area contributed by atoms with Crippen molar-refractivity contribution >= 4 is 23.4 Å². The molecule has 0 aromatic heterocycles. The smallest absolute Gasteiger partial charge is 0.237 e. The Morgan fingerprint density at radius 3 is 2.31 bits per heavy atom. The number of unbranched alkanes of at least 4 members (excludes halogenated alkanes) is 1. The van der Waals surface area contributed by atoms with Crippen LogP contribution in [0.15, 0.2) is 0 Å². The summed E-state index contributed by atoms with van der Waals surface area (Å²) in [5.41, 5.74) is 4.47. The third-order valence-corrected chi connectivity index (χ3v) is 3.00. The average Bonchev–Trinajstić information content (AvgIpc) is 2.22. The van der Waals surface area contributed by atoms with Gasteiger partial charge in [0, 0.05) is 12.4 Å². The van der Waals surface area contributed by atoms with Gasteiger partial charge in [-0.25, -0.2) is 0 Å². The second-order valence-electron chi connectivity index (χ2n) is 4.56. The van der Waals surface area contributed by atoms with Crippen molar-refractivity contribution in [1.29, 1.82) is 0 Å². The molecule has 0 spiro atoms. The molecule has 0 heterocycles. The molecule has 0 atom stereocenters. The lowest BCUT2D eigenvalue weighted by molar-refractivity contribution is -0.142. The highest BCUT2D eigenvalue weighted by molar-refractivity contribution is 6.19. The van der Waals surface area contributed by atoms with E-state index in [1.54, 1.807) is 13.8 Å². The van der Waals surface area contributed by atoms with Crippen LogP contribution < -0.4 is 5.73 Å². The fourth-order valence-corrected chi connectivity index (χ4v) is 1.39. The maximum absolute atomic E-state index is 12.1. The van der Waals surface area contributed by atoms with Crippen LogP contribution in [-0.4, -0.2) is 35.7 Å². The van der Waals surface area contributed by atoms with Gasteiger partial charge in [0.2, 0.25) is 11.8 Å². The number of halogens is 1. The maximum Gasteiger partial charge on any atom is 0.237 e. The first-order valence-corrected chi connectivity index (χ1v) is 6.02. The molecule has 2 amide bonds. The van der Waals surface area contributed by atoms with Gasteiger partial charge in [0.25, 0.3) is 0 Å². The van der Waals surface area contributed by atoms with Crippen LogP contribution >= 0.6 is 11.6 Å². The summed E-state index contributed by atoms with van der Waals surface area (Å²) < 4.78 is 0. The topological polar surface area (TPSA) is 63.4 Å². The molecule has 0 saturated carbocycles. The van der Waals surface area contributed by atoms with Crippen LogP contribution in [0, 0.1) is 5.41 Å². The quantitative estimate of drug-likeness (QED) is 0.692. The van der Waals surface area contributed by atoms with Gasteiger partial charge in [0.15, 0.2) is 0 Å². The van der Waals surface area contributed by atoms with E-state index < -0.39 is 11.3 Å². The monoisotopic (exact) mass is 248 g/mol. The molecule has 16 heavy (non-hydrogen) atoms. The summed E-state index contributed by atoms with van der Waals surface area (Å²) in [4.78, 5) is 24.5. The molecule has 0 aliphatic rings. The molecule has 4 nitrogen and oxygen atoms in total. The lowest BCUT2D eigenvalue weighted by Gasteiger charge is -2.29. The zero-order valence-corrected chi connectivity index (χ0v) is 11.0. The number of hydrogen-bond acceptors (Lipinski definition) is 2. The lowest BCUT2D eigenvalue weighted by Crippen LogP contribution is -2.46. The highest BCUT2D eigenvalue weighted by Gasteiger charge is 2.31. The van der Waals surface area contributed by atoms with E-state index in [-0.39, 0.29) is 18.3 Å². The third-order valence-electron chi connectivity index (χ3n) is 2.33. The first-order chi connectivity index (χ1) is 7.35. The highest BCUT2D eigenvalue weighted by atomic mass is 35.5. The Kier molecular flexibility index (Phi) is 6.41. The Hall–Kier alpha value is -0.770. The van der Waals surface area contributed by atoms with Gasteiger partial charge in [0.1, 0.15) is 0 Å². The van der Waals surface area contributed by atoms with Crippen LogP contribution in [0.5, 0.6) is 0 Å². The third kappa shape index (κ3) is 4.84. The van der Waals surface area contributed by atoms with E-state index in [2.05, 4.69) is 0 Å². The molecule has 0 aliphatic carbocycles. The summed E-state index contributed by atoms with van der Waals surface area (Å²) in [6, 6.07) is 0. The molecule has 0 bridgehead atoms. The van der Waals surface area contributed by atoms with Crippen molar-refractivity contribution in [3.63, 3.8) is 0 Å². The van der Waals surface area contributed by atoms with Crippen molar-refractivity contribution in [1.82, 2.24) is 4.90 Å². The van der Waals surface area contributed by atoms with E-state index in [0.717, 1.165) is 12.8 Å². The van der Waals surface area contributed by atoms with Gasteiger partial charge in [-0.15, -0.1) is 11.6 Å². The summed E-state index contributed by atoms with van der Waals surface area (Å²) in [6.45, 7) is 6.09. The largest absolute Gasteiger partial charge is 0.368 e. The Labute approximate surface area is 102 Å². The maximum atomic E-state index is 12.1. The van der Waals surface area contributed by atoms with Gasteiger partial charge in [-0.05, 0) is 20.3 Å². The first-order valence-electron chi connectivity index (χ1n) is 5.48. The molecular formula is C11H21ClN2O2. The molecule has 0 fully saturated rings. The Bertz CT molecular complexity index is 254. The number of rotatable bonds is 7. The number of alkyl halides is 1. The van der Waals surface area contributed by atoms with Crippen molar-refractivity contribution < 1.29 is 9.59 Å². The number of amides is 2. The molecule has 94 valence electrons. The van der Waals surface area contributed by atoms with Crippen molar-refractivity contribution in [3.05, 3.63) is 0 Å². The number of primary amides is 1. The zero-order valence-electron chi connectivity index (χ0n) is 10.3. The van der Waals surface area contributed by atoms with Crippen LogP contribution in [0.3, 0.4) is 0 Å². The second kappa shape index (κ2) is 6.74. The average molecular weight is 249 g/mol. The standard InChI is InChI=1S/C11H21ClN2O2/c1-4-5-6-14(7-9(13)15)10(16)11(2,3)8-12/h4-8H2,1-3H3,(H2,13,15). The molecule has 5 heteroatoms. The minimum atomic E-state index is -0.648. The zero-order chi connectivity index (χ0) is 12.8. The predicted octanol–water partition coefficient (Wildman–Crippen LogP) is 1.37. The SMILES string of the molecule is CCCCN(CC(N)=O)C(=O)C(C)(C)CCl. The van der Waals surface area contributed by atoms with Gasteiger partial charge in [-0.2, -0.15) is 0 Å². The molecular weight excluding hydrogens is 228 g/mol. The minimum Gasteiger partial charge on any atom is -0.368 e. The summed E-state index contributed by atoms with van der Waals surface area (Å²) in [5, 5.41) is 0. The summed E-state index contributed by atoms with van der Waals surface area (Å²) in [6.07, 6.45) is 1.82. The number of carbonyl (C=O) groups is 2. The highest BCUT2D eigenvalue weighted by Crippen LogP contribution is 2.20. The number of nitrogens with zero attached hydrogens (tertiary/aromatic N) is 1. The van der Waals surface area contributed by atoms with Crippen LogP contribution in [0.4, 0.5) is 0 Å². The lowest BCUT2D eigenvalue weighted by atomic mass is 9.94. The summed E-state index contributed by atoms with van der Waals surface area (Å²) in [7, 11) is 0. The first kappa shape index (κ1) is 15.2. The van der Waals surface area contributed by atoms with Gasteiger partial charge >= 0.3 is 0 Å². The molecule has 0 radical (unpaired) electrons. The van der Waals surface area contributed by atoms with Gasteiger partial charge in [-0.1, -0.05) is 13.3 Å². The van der Waals surface area contributed by atoms with Gasteiger partial charge in [0.05, 0.1) is 12.0 Å². The van der Waals surface area contributed by atoms with Crippen molar-refractivity contribution in [3.8, 4) is 0 Å². The summed E-state index contributed by atoms with van der Waals surface area (Å²) >= 11 is 5.74. The Balaban J connectivity index is 4.61. The molecule has 0 aromatic carbocycles. The fourth-order valence-electron chi connectivity index (χ4n) is 1.27. The van der Waals surface area contributed by atoms with E-state index in [1.165, 1.54) is 4.90 Å². The number of carbonyl (C=O) groups excluding carboxylic acids is 2. The van der Waals surface area contributed by atoms with Crippen LogP contribution in [0.2, 0.25) is 0 Å². The van der Waals surface area contributed by atoms with E-state index >= 15 is 0 Å². The van der Waals surface area contributed by atoms with Crippen molar-refractivity contribution in [2.45, 2.75) is 33.6 Å². The van der Waals surface area contributed by atoms with E-state index in [4.69, 9.17) is 17.3 Å². The Morgan fingerprint density at radius 1 is 1.38 bits per heavy atom. The van der Waals surface area contributed by atoms with Gasteiger partial charge < -0.3 is 10.6 Å². The molecule has 0 aromatic rings. The van der Waals surface area contributed by atoms with Crippen molar-refractivity contribution in [2.24, 2.45) is 11.1 Å². The molecule has 0 unspecified atom stereocenters. The van der Waals surface area contributed by atoms with Gasteiger partial charge in [-0.3, -0.25) is 9.59 Å². The fraction of sp³-hybridized carbons (Fsp3) is 0.818. The molecule has 0 aliphatic heterocycles. The van der Waals surface area contributed by atoms with Crippen LogP contribution in [-0.2, 0) is 9.59 Å². The van der Waals surface area contributed by atoms with E-state index in [1.807, 2.05) is 6.92 Å². The molecule has 0 saturated heterocycles. The summed E-state index contributed by atoms with van der Waals surface area (Å²) in [5.74, 6) is -0.377. The van der Waals surface area contributed by atoms with Crippen molar-refractivity contribution in [2.75, 3.05) is 19.0 Å². The number of hydrogen-bond donors (Lipinski definition) is 1.